The number of hydrogen-bond donors (Lipinski definition) is 5. The maximum absolute atomic E-state index is 12.2. The highest BCUT2D eigenvalue weighted by molar-refractivity contribution is 5.91. The van der Waals surface area contributed by atoms with Crippen LogP contribution in [0.3, 0.4) is 0 Å². The van der Waals surface area contributed by atoms with Gasteiger partial charge in [-0.25, -0.2) is 4.68 Å². The first-order valence-corrected chi connectivity index (χ1v) is 8.68. The Balaban J connectivity index is 0.00000184. The number of hydrogen-bond acceptors (Lipinski definition) is 8. The summed E-state index contributed by atoms with van der Waals surface area (Å²) in [4.78, 5) is 35.0. The first kappa shape index (κ1) is 25.6. The van der Waals surface area contributed by atoms with E-state index in [2.05, 4.69) is 37.6 Å². The van der Waals surface area contributed by atoms with Crippen LogP contribution in [0, 0.1) is 6.92 Å². The Morgan fingerprint density at radius 1 is 1.10 bits per heavy atom. The molecule has 0 saturated heterocycles. The van der Waals surface area contributed by atoms with Crippen molar-refractivity contribution in [2.45, 2.75) is 25.9 Å². The van der Waals surface area contributed by atoms with Crippen molar-refractivity contribution >= 4 is 17.7 Å². The van der Waals surface area contributed by atoms with Crippen molar-refractivity contribution in [2.75, 3.05) is 21.1 Å². The fraction of sp³-hybridized carbons (Fsp3) is 0.412. The molecule has 0 aliphatic heterocycles. The third kappa shape index (κ3) is 8.45. The minimum atomic E-state index is -1.05. The summed E-state index contributed by atoms with van der Waals surface area (Å²) in [5.74, 6) is -1.31. The smallest absolute Gasteiger partial charge is 0.242 e. The predicted octanol–water partition coefficient (Wildman–Crippen LogP) is -2.10. The summed E-state index contributed by atoms with van der Waals surface area (Å²) in [6.45, 7) is 1.75. The van der Waals surface area contributed by atoms with Crippen LogP contribution in [0.2, 0.25) is 0 Å². The lowest BCUT2D eigenvalue weighted by Gasteiger charge is -2.15. The Bertz CT molecular complexity index is 775. The molecule has 2 aromatic rings. The molecule has 0 radical (unpaired) electrons. The normalized spacial score (nSPS) is 10.4. The highest BCUT2D eigenvalue weighted by Gasteiger charge is 2.22. The van der Waals surface area contributed by atoms with Gasteiger partial charge in [-0.2, -0.15) is 0 Å². The zero-order valence-electron chi connectivity index (χ0n) is 17.0. The second-order valence-corrected chi connectivity index (χ2v) is 5.43. The Hall–Kier alpha value is -3.38. The number of primary amides is 1. The van der Waals surface area contributed by atoms with Gasteiger partial charge in [0.25, 0.3) is 0 Å². The van der Waals surface area contributed by atoms with Crippen molar-refractivity contribution < 1.29 is 14.4 Å². The number of nitrogens with one attached hydrogen (secondary N) is 2. The molecule has 2 rings (SSSR count). The SMILES string of the molecule is CN.CN.CNC(=O)[C@H](CC(N)=O)NC(=O)Cn1nnnc1-c1ccc(C)cc1. The Morgan fingerprint density at radius 2 is 1.69 bits per heavy atom. The lowest BCUT2D eigenvalue weighted by Crippen LogP contribution is -2.48. The maximum Gasteiger partial charge on any atom is 0.242 e. The van der Waals surface area contributed by atoms with Gasteiger partial charge in [0.15, 0.2) is 5.82 Å². The molecule has 0 aliphatic rings. The Morgan fingerprint density at radius 3 is 2.21 bits per heavy atom. The third-order valence-electron chi connectivity index (χ3n) is 3.44. The molecule has 0 spiro atoms. The average Bonchev–Trinajstić information content (AvgIpc) is 3.18. The van der Waals surface area contributed by atoms with E-state index in [1.807, 2.05) is 31.2 Å². The molecule has 12 nitrogen and oxygen atoms in total. The molecule has 1 aromatic carbocycles. The molecule has 8 N–H and O–H groups in total. The summed E-state index contributed by atoms with van der Waals surface area (Å²) < 4.78 is 1.31. The third-order valence-corrected chi connectivity index (χ3v) is 3.44. The molecule has 12 heteroatoms. The van der Waals surface area contributed by atoms with E-state index >= 15 is 0 Å². The van der Waals surface area contributed by atoms with Crippen LogP contribution in [0.5, 0.6) is 0 Å². The first-order chi connectivity index (χ1) is 13.9. The van der Waals surface area contributed by atoms with Crippen molar-refractivity contribution in [3.05, 3.63) is 29.8 Å². The van der Waals surface area contributed by atoms with Gasteiger partial charge < -0.3 is 27.8 Å². The molecule has 1 aromatic heterocycles. The largest absolute Gasteiger partial charge is 0.370 e. The van der Waals surface area contributed by atoms with Gasteiger partial charge in [0.05, 0.1) is 6.42 Å². The zero-order valence-corrected chi connectivity index (χ0v) is 17.0. The van der Waals surface area contributed by atoms with Crippen molar-refractivity contribution in [1.29, 1.82) is 0 Å². The molecule has 0 bridgehead atoms. The van der Waals surface area contributed by atoms with Crippen LogP contribution < -0.4 is 27.8 Å². The number of nitrogens with two attached hydrogens (primary N) is 3. The van der Waals surface area contributed by atoms with Crippen LogP contribution in [0.4, 0.5) is 0 Å². The van der Waals surface area contributed by atoms with E-state index in [-0.39, 0.29) is 13.0 Å². The monoisotopic (exact) mass is 407 g/mol. The summed E-state index contributed by atoms with van der Waals surface area (Å²) in [6, 6.07) is 6.45. The summed E-state index contributed by atoms with van der Waals surface area (Å²) in [5, 5.41) is 16.1. The maximum atomic E-state index is 12.2. The highest BCUT2D eigenvalue weighted by Crippen LogP contribution is 2.16. The van der Waals surface area contributed by atoms with Gasteiger partial charge in [0, 0.05) is 12.6 Å². The van der Waals surface area contributed by atoms with Crippen LogP contribution in [0.1, 0.15) is 12.0 Å². The van der Waals surface area contributed by atoms with Gasteiger partial charge in [-0.3, -0.25) is 14.4 Å². The average molecular weight is 407 g/mol. The van der Waals surface area contributed by atoms with E-state index in [0.29, 0.717) is 5.82 Å². The predicted molar refractivity (Wildman–Crippen MR) is 108 cm³/mol. The van der Waals surface area contributed by atoms with Gasteiger partial charge in [0.2, 0.25) is 17.7 Å². The van der Waals surface area contributed by atoms with Gasteiger partial charge in [0.1, 0.15) is 12.6 Å². The lowest BCUT2D eigenvalue weighted by atomic mass is 10.1. The van der Waals surface area contributed by atoms with E-state index in [4.69, 9.17) is 5.73 Å². The number of tetrazole rings is 1. The number of amides is 3. The molecule has 0 fully saturated rings. The number of benzene rings is 1. The molecule has 160 valence electrons. The summed E-state index contributed by atoms with van der Waals surface area (Å²) in [5.41, 5.74) is 15.9. The van der Waals surface area contributed by atoms with Crippen LogP contribution in [0.25, 0.3) is 11.4 Å². The Labute approximate surface area is 169 Å². The zero-order chi connectivity index (χ0) is 22.4. The van der Waals surface area contributed by atoms with Crippen LogP contribution in [0.15, 0.2) is 24.3 Å². The summed E-state index contributed by atoms with van der Waals surface area (Å²) >= 11 is 0. The molecular weight excluding hydrogens is 378 g/mol. The molecule has 0 unspecified atom stereocenters. The highest BCUT2D eigenvalue weighted by atomic mass is 16.2. The fourth-order valence-electron chi connectivity index (χ4n) is 2.18. The quantitative estimate of drug-likeness (QED) is 0.344. The molecule has 29 heavy (non-hydrogen) atoms. The molecular formula is C17H29N9O3. The second-order valence-electron chi connectivity index (χ2n) is 5.43. The van der Waals surface area contributed by atoms with E-state index in [0.717, 1.165) is 11.1 Å². The van der Waals surface area contributed by atoms with Crippen LogP contribution in [-0.4, -0.2) is 65.1 Å². The summed E-state index contributed by atoms with van der Waals surface area (Å²) in [6.07, 6.45) is -0.300. The van der Waals surface area contributed by atoms with Crippen molar-refractivity contribution in [2.24, 2.45) is 17.2 Å². The fourth-order valence-corrected chi connectivity index (χ4v) is 2.18. The minimum Gasteiger partial charge on any atom is -0.370 e. The van der Waals surface area contributed by atoms with E-state index < -0.39 is 23.8 Å². The molecule has 1 heterocycles. The molecule has 0 aliphatic carbocycles. The first-order valence-electron chi connectivity index (χ1n) is 8.68. The number of carbonyl (C=O) groups is 3. The number of aryl methyl sites for hydroxylation is 1. The minimum absolute atomic E-state index is 0.206. The van der Waals surface area contributed by atoms with Crippen LogP contribution >= 0.6 is 0 Å². The molecule has 1 atom stereocenters. The summed E-state index contributed by atoms with van der Waals surface area (Å²) in [7, 11) is 4.40. The van der Waals surface area contributed by atoms with Gasteiger partial charge in [-0.05, 0) is 31.4 Å². The van der Waals surface area contributed by atoms with Gasteiger partial charge >= 0.3 is 0 Å². The van der Waals surface area contributed by atoms with Gasteiger partial charge in [-0.1, -0.05) is 29.8 Å². The lowest BCUT2D eigenvalue weighted by molar-refractivity contribution is -0.131. The van der Waals surface area contributed by atoms with Crippen LogP contribution in [-0.2, 0) is 20.9 Å². The van der Waals surface area contributed by atoms with Crippen molar-refractivity contribution in [3.8, 4) is 11.4 Å². The van der Waals surface area contributed by atoms with Crippen molar-refractivity contribution in [3.63, 3.8) is 0 Å². The number of carbonyl (C=O) groups excluding carboxylic acids is 3. The molecule has 3 amide bonds. The number of nitrogens with zero attached hydrogens (tertiary/aromatic N) is 4. The van der Waals surface area contributed by atoms with Gasteiger partial charge in [-0.15, -0.1) is 5.10 Å². The number of likely N-dealkylation sites (N-methyl/N-ethyl adjacent to an activating group) is 1. The standard InChI is InChI=1S/C15H19N7O3.2CH5N/c1-9-3-5-10(6-4-9)14-19-20-21-22(14)8-13(24)18-11(7-12(16)23)15(25)17-2;2*1-2/h3-6,11H,7-8H2,1-2H3,(H2,16,23)(H,17,25)(H,18,24);2*2H2,1H3/t11-;;/m0../s1. The Kier molecular flexibility index (Phi) is 12.1. The van der Waals surface area contributed by atoms with E-state index in [1.54, 1.807) is 0 Å². The number of aromatic nitrogens is 4. The number of rotatable bonds is 7. The van der Waals surface area contributed by atoms with E-state index in [9.17, 15) is 14.4 Å². The second kappa shape index (κ2) is 13.7. The van der Waals surface area contributed by atoms with Crippen molar-refractivity contribution in [1.82, 2.24) is 30.8 Å². The van der Waals surface area contributed by atoms with E-state index in [1.165, 1.54) is 25.8 Å². The topological polar surface area (TPSA) is 197 Å². The molecule has 0 saturated carbocycles.